The number of methoxy groups -OCH3 is 1. The van der Waals surface area contributed by atoms with Crippen LogP contribution in [0.5, 0.6) is 5.75 Å². The van der Waals surface area contributed by atoms with Crippen LogP contribution in [0.15, 0.2) is 38.3 Å². The van der Waals surface area contributed by atoms with Crippen LogP contribution in [-0.4, -0.2) is 13.0 Å². The zero-order valence-corrected chi connectivity index (χ0v) is 16.3. The Bertz CT molecular complexity index is 1170. The van der Waals surface area contributed by atoms with Crippen LogP contribution in [0.2, 0.25) is 0 Å². The van der Waals surface area contributed by atoms with Gasteiger partial charge in [-0.15, -0.1) is 0 Å². The van der Waals surface area contributed by atoms with Gasteiger partial charge >= 0.3 is 0 Å². The molecular formula is C21H21N3O5. The second-order valence-corrected chi connectivity index (χ2v) is 6.95. The van der Waals surface area contributed by atoms with Gasteiger partial charge in [-0.25, -0.2) is 0 Å². The molecule has 0 bridgehead atoms. The van der Waals surface area contributed by atoms with Gasteiger partial charge in [0.15, 0.2) is 0 Å². The fraction of sp³-hybridized carbons (Fsp3) is 0.286. The van der Waals surface area contributed by atoms with Gasteiger partial charge in [-0.05, 0) is 37.1 Å². The van der Waals surface area contributed by atoms with Crippen molar-refractivity contribution in [1.82, 2.24) is 5.32 Å². The number of benzene rings is 1. The van der Waals surface area contributed by atoms with Gasteiger partial charge in [0.2, 0.25) is 0 Å². The molecule has 3 N–H and O–H groups in total. The Kier molecular flexibility index (Phi) is 4.62. The maximum atomic E-state index is 12.3. The van der Waals surface area contributed by atoms with Gasteiger partial charge in [-0.1, -0.05) is 13.0 Å². The summed E-state index contributed by atoms with van der Waals surface area (Å²) in [5, 5.41) is 8.84. The number of amides is 1. The predicted octanol–water partition coefficient (Wildman–Crippen LogP) is 2.74. The van der Waals surface area contributed by atoms with E-state index in [0.717, 1.165) is 11.3 Å². The first-order valence-electron chi connectivity index (χ1n) is 9.35. The Morgan fingerprint density at radius 1 is 1.10 bits per heavy atom. The van der Waals surface area contributed by atoms with Gasteiger partial charge in [-0.2, -0.15) is 0 Å². The molecule has 0 fully saturated rings. The van der Waals surface area contributed by atoms with Crippen molar-refractivity contribution in [2.75, 3.05) is 17.7 Å². The van der Waals surface area contributed by atoms with Crippen molar-refractivity contribution < 1.29 is 13.9 Å². The molecule has 1 atom stereocenters. The summed E-state index contributed by atoms with van der Waals surface area (Å²) < 4.78 is 11.0. The average Bonchev–Trinajstić information content (AvgIpc) is 3.33. The monoisotopic (exact) mass is 395 g/mol. The third-order valence-corrected chi connectivity index (χ3v) is 5.13. The lowest BCUT2D eigenvalue weighted by Gasteiger charge is -2.21. The molecule has 0 unspecified atom stereocenters. The smallest absolute Gasteiger partial charge is 0.254 e. The van der Waals surface area contributed by atoms with Crippen molar-refractivity contribution in [3.8, 4) is 5.75 Å². The molecule has 0 saturated heterocycles. The predicted molar refractivity (Wildman–Crippen MR) is 109 cm³/mol. The topological polar surface area (TPSA) is 110 Å². The van der Waals surface area contributed by atoms with Gasteiger partial charge in [-0.3, -0.25) is 14.4 Å². The lowest BCUT2D eigenvalue weighted by molar-refractivity contribution is 0.0966. The molecule has 4 rings (SSSR count). The molecule has 150 valence electrons. The number of nitrogens with one attached hydrogen (secondary N) is 3. The third kappa shape index (κ3) is 3.06. The minimum atomic E-state index is -0.643. The molecule has 8 heteroatoms. The molecule has 0 aliphatic carbocycles. The van der Waals surface area contributed by atoms with Gasteiger partial charge in [0.05, 0.1) is 24.4 Å². The maximum Gasteiger partial charge on any atom is 0.254 e. The number of rotatable bonds is 7. The van der Waals surface area contributed by atoms with E-state index >= 15 is 0 Å². The largest absolute Gasteiger partial charge is 0.495 e. The number of carbonyl (C=O) groups is 1. The molecule has 3 aromatic rings. The van der Waals surface area contributed by atoms with Gasteiger partial charge in [0, 0.05) is 6.54 Å². The van der Waals surface area contributed by atoms with Crippen LogP contribution in [0.3, 0.4) is 0 Å². The zero-order valence-electron chi connectivity index (χ0n) is 16.3. The summed E-state index contributed by atoms with van der Waals surface area (Å²) in [7, 11) is 1.48. The van der Waals surface area contributed by atoms with Gasteiger partial charge in [0.1, 0.15) is 28.6 Å². The van der Waals surface area contributed by atoms with E-state index in [-0.39, 0.29) is 23.3 Å². The molecule has 0 saturated carbocycles. The van der Waals surface area contributed by atoms with Gasteiger partial charge < -0.3 is 25.1 Å². The lowest BCUT2D eigenvalue weighted by atomic mass is 10.0. The summed E-state index contributed by atoms with van der Waals surface area (Å²) in [5.74, 6) is 1.60. The van der Waals surface area contributed by atoms with Crippen molar-refractivity contribution in [1.29, 1.82) is 0 Å². The number of ether oxygens (including phenoxy) is 1. The van der Waals surface area contributed by atoms with E-state index in [0.29, 0.717) is 35.7 Å². The molecule has 1 aliphatic heterocycles. The first-order chi connectivity index (χ1) is 13.9. The number of anilines is 3. The highest BCUT2D eigenvalue weighted by Crippen LogP contribution is 2.37. The zero-order chi connectivity index (χ0) is 20.7. The van der Waals surface area contributed by atoms with E-state index in [1.807, 2.05) is 26.0 Å². The van der Waals surface area contributed by atoms with E-state index in [2.05, 4.69) is 16.0 Å². The fourth-order valence-corrected chi connectivity index (χ4v) is 3.55. The standard InChI is InChI=1S/C21H21N3O5/c1-4-12(13-7-5-10(2)29-13)23-17-18(20(26)19(17)25)24-16-14(28-3)8-6-11-9-22-21(27)15(11)16/h5-8,12,23-24H,4,9H2,1-3H3,(H,22,27)/t12-/m1/s1. The van der Waals surface area contributed by atoms with Crippen LogP contribution < -0.4 is 31.5 Å². The molecule has 1 amide bonds. The number of carbonyl (C=O) groups excluding carboxylic acids is 1. The van der Waals surface area contributed by atoms with Crippen molar-refractivity contribution in [2.24, 2.45) is 0 Å². The van der Waals surface area contributed by atoms with Crippen LogP contribution in [0.1, 0.15) is 46.8 Å². The fourth-order valence-electron chi connectivity index (χ4n) is 3.55. The summed E-state index contributed by atoms with van der Waals surface area (Å²) in [6, 6.07) is 6.94. The highest BCUT2D eigenvalue weighted by atomic mass is 16.5. The van der Waals surface area contributed by atoms with Crippen LogP contribution in [0.4, 0.5) is 17.1 Å². The quantitative estimate of drug-likeness (QED) is 0.528. The number of furan rings is 1. The lowest BCUT2D eigenvalue weighted by Crippen LogP contribution is -2.37. The third-order valence-electron chi connectivity index (χ3n) is 5.13. The van der Waals surface area contributed by atoms with Crippen molar-refractivity contribution in [3.63, 3.8) is 0 Å². The van der Waals surface area contributed by atoms with E-state index < -0.39 is 10.9 Å². The summed E-state index contributed by atoms with van der Waals surface area (Å²) in [5.41, 5.74) is 0.622. The number of fused-ring (bicyclic) bond motifs is 1. The first kappa shape index (κ1) is 18.8. The minimum absolute atomic E-state index is 0.114. The molecular weight excluding hydrogens is 374 g/mol. The SMILES string of the molecule is CC[C@@H](Nc1c(Nc2c(OC)ccc3c2C(=O)NC3)c(=O)c1=O)c1ccc(C)o1. The highest BCUT2D eigenvalue weighted by molar-refractivity contribution is 6.06. The molecule has 2 heterocycles. The number of hydrogen-bond donors (Lipinski definition) is 3. The van der Waals surface area contributed by atoms with Crippen LogP contribution in [0, 0.1) is 6.92 Å². The molecule has 1 aromatic heterocycles. The highest BCUT2D eigenvalue weighted by Gasteiger charge is 2.30. The molecule has 2 aromatic carbocycles. The molecule has 0 spiro atoms. The van der Waals surface area contributed by atoms with Crippen molar-refractivity contribution in [3.05, 3.63) is 67.4 Å². The van der Waals surface area contributed by atoms with E-state index in [1.165, 1.54) is 7.11 Å². The Hall–Kier alpha value is -3.55. The molecule has 0 radical (unpaired) electrons. The van der Waals surface area contributed by atoms with E-state index in [9.17, 15) is 14.4 Å². The second-order valence-electron chi connectivity index (χ2n) is 6.95. The second kappa shape index (κ2) is 7.12. The van der Waals surface area contributed by atoms with Crippen LogP contribution >= 0.6 is 0 Å². The van der Waals surface area contributed by atoms with Crippen molar-refractivity contribution in [2.45, 2.75) is 32.9 Å². The summed E-state index contributed by atoms with van der Waals surface area (Å²) in [6.07, 6.45) is 0.650. The maximum absolute atomic E-state index is 12.3. The summed E-state index contributed by atoms with van der Waals surface area (Å²) in [6.45, 7) is 4.19. The van der Waals surface area contributed by atoms with Crippen molar-refractivity contribution >= 4 is 23.0 Å². The summed E-state index contributed by atoms with van der Waals surface area (Å²) >= 11 is 0. The first-order valence-corrected chi connectivity index (χ1v) is 9.35. The summed E-state index contributed by atoms with van der Waals surface area (Å²) in [4.78, 5) is 36.8. The Morgan fingerprint density at radius 2 is 1.86 bits per heavy atom. The van der Waals surface area contributed by atoms with E-state index in [4.69, 9.17) is 9.15 Å². The molecule has 1 aliphatic rings. The number of hydrogen-bond acceptors (Lipinski definition) is 7. The molecule has 29 heavy (non-hydrogen) atoms. The minimum Gasteiger partial charge on any atom is -0.495 e. The average molecular weight is 395 g/mol. The Morgan fingerprint density at radius 3 is 2.52 bits per heavy atom. The van der Waals surface area contributed by atoms with Crippen LogP contribution in [0.25, 0.3) is 0 Å². The van der Waals surface area contributed by atoms with E-state index in [1.54, 1.807) is 12.1 Å². The molecule has 8 nitrogen and oxygen atoms in total. The normalized spacial score (nSPS) is 13.8. The van der Waals surface area contributed by atoms with Gasteiger partial charge in [0.25, 0.3) is 16.8 Å². The number of aryl methyl sites for hydroxylation is 1. The Labute approximate surface area is 166 Å². The van der Waals surface area contributed by atoms with Crippen LogP contribution in [-0.2, 0) is 6.54 Å². The Balaban J connectivity index is 1.70.